The summed E-state index contributed by atoms with van der Waals surface area (Å²) in [5, 5.41) is 15.3. The molecule has 0 N–H and O–H groups in total. The minimum Gasteiger partial charge on any atom is -0.496 e. The summed E-state index contributed by atoms with van der Waals surface area (Å²) < 4.78 is 13.3. The van der Waals surface area contributed by atoms with E-state index in [0.717, 1.165) is 5.56 Å². The maximum Gasteiger partial charge on any atom is 0.310 e. The number of nitro groups is 1. The van der Waals surface area contributed by atoms with E-state index in [1.165, 1.54) is 19.3 Å². The van der Waals surface area contributed by atoms with Gasteiger partial charge in [0.15, 0.2) is 5.75 Å². The van der Waals surface area contributed by atoms with Crippen molar-refractivity contribution in [2.75, 3.05) is 7.11 Å². The van der Waals surface area contributed by atoms with Crippen molar-refractivity contribution in [3.05, 3.63) is 86.1 Å². The van der Waals surface area contributed by atoms with Crippen LogP contribution in [0.1, 0.15) is 28.5 Å². The van der Waals surface area contributed by atoms with Gasteiger partial charge in [-0.3, -0.25) is 19.6 Å². The molecule has 3 aromatic rings. The molecule has 0 spiro atoms. The summed E-state index contributed by atoms with van der Waals surface area (Å²) in [4.78, 5) is 23.3. The van der Waals surface area contributed by atoms with Gasteiger partial charge in [0, 0.05) is 18.2 Å². The molecular weight excluding hydrogens is 466 g/mol. The second-order valence-electron chi connectivity index (χ2n) is 6.44. The molecule has 0 aliphatic rings. The van der Waals surface area contributed by atoms with Crippen molar-refractivity contribution in [3.8, 4) is 11.5 Å². The standard InChI is InChI=1S/C22H20BrN3O5/c1-3-25-22(17(23)13-24-25)19(27)10-8-15-9-11-20(30-2)16(12-15)14-31-21-7-5-4-6-18(21)26(28)29/h4-13H,3,14H2,1-2H3/b10-8+. The van der Waals surface area contributed by atoms with Gasteiger partial charge in [-0.05, 0) is 52.7 Å². The van der Waals surface area contributed by atoms with E-state index in [2.05, 4.69) is 21.0 Å². The van der Waals surface area contributed by atoms with Crippen LogP contribution in [0.3, 0.4) is 0 Å². The SMILES string of the molecule is CCn1ncc(Br)c1C(=O)/C=C/c1ccc(OC)c(COc2ccccc2[N+](=O)[O-])c1. The molecule has 0 saturated carbocycles. The van der Waals surface area contributed by atoms with Gasteiger partial charge < -0.3 is 9.47 Å². The van der Waals surface area contributed by atoms with Gasteiger partial charge in [0.2, 0.25) is 5.78 Å². The Hall–Kier alpha value is -3.46. The maximum atomic E-state index is 12.6. The largest absolute Gasteiger partial charge is 0.496 e. The molecule has 0 bridgehead atoms. The summed E-state index contributed by atoms with van der Waals surface area (Å²) >= 11 is 3.35. The summed E-state index contributed by atoms with van der Waals surface area (Å²) in [7, 11) is 1.53. The van der Waals surface area contributed by atoms with Crippen LogP contribution in [-0.2, 0) is 13.2 Å². The van der Waals surface area contributed by atoms with Crippen LogP contribution < -0.4 is 9.47 Å². The van der Waals surface area contributed by atoms with Crippen molar-refractivity contribution in [2.45, 2.75) is 20.1 Å². The zero-order valence-corrected chi connectivity index (χ0v) is 18.5. The molecule has 0 fully saturated rings. The number of halogens is 1. The lowest BCUT2D eigenvalue weighted by atomic mass is 10.1. The van der Waals surface area contributed by atoms with Gasteiger partial charge in [-0.15, -0.1) is 0 Å². The molecule has 1 aromatic heterocycles. The maximum absolute atomic E-state index is 12.6. The van der Waals surface area contributed by atoms with Crippen molar-refractivity contribution < 1.29 is 19.2 Å². The van der Waals surface area contributed by atoms with E-state index in [0.29, 0.717) is 28.0 Å². The lowest BCUT2D eigenvalue weighted by Crippen LogP contribution is -2.07. The monoisotopic (exact) mass is 485 g/mol. The third kappa shape index (κ3) is 5.18. The predicted octanol–water partition coefficient (Wildman–Crippen LogP) is 5.06. The van der Waals surface area contributed by atoms with Gasteiger partial charge in [-0.1, -0.05) is 24.3 Å². The van der Waals surface area contributed by atoms with Gasteiger partial charge in [0.1, 0.15) is 18.1 Å². The molecule has 0 radical (unpaired) electrons. The van der Waals surface area contributed by atoms with E-state index in [9.17, 15) is 14.9 Å². The van der Waals surface area contributed by atoms with Crippen molar-refractivity contribution >= 4 is 33.5 Å². The molecular formula is C22H20BrN3O5. The third-order valence-electron chi connectivity index (χ3n) is 4.50. The predicted molar refractivity (Wildman–Crippen MR) is 119 cm³/mol. The van der Waals surface area contributed by atoms with Gasteiger partial charge in [-0.25, -0.2) is 0 Å². The van der Waals surface area contributed by atoms with Crippen LogP contribution >= 0.6 is 15.9 Å². The Morgan fingerprint density at radius 1 is 1.26 bits per heavy atom. The number of aromatic nitrogens is 2. The number of nitro benzene ring substituents is 1. The number of allylic oxidation sites excluding steroid dienone is 1. The zero-order valence-electron chi connectivity index (χ0n) is 16.9. The fourth-order valence-corrected chi connectivity index (χ4v) is 3.49. The quantitative estimate of drug-likeness (QED) is 0.182. The summed E-state index contributed by atoms with van der Waals surface area (Å²) in [6, 6.07) is 11.6. The summed E-state index contributed by atoms with van der Waals surface area (Å²) in [5.74, 6) is 0.567. The van der Waals surface area contributed by atoms with Crippen molar-refractivity contribution in [3.63, 3.8) is 0 Å². The number of nitrogens with zero attached hydrogens (tertiary/aromatic N) is 3. The molecule has 0 unspecified atom stereocenters. The smallest absolute Gasteiger partial charge is 0.310 e. The third-order valence-corrected chi connectivity index (χ3v) is 5.08. The summed E-state index contributed by atoms with van der Waals surface area (Å²) in [6.45, 7) is 2.56. The molecule has 0 amide bonds. The minimum atomic E-state index is -0.490. The number of rotatable bonds is 9. The van der Waals surface area contributed by atoms with Crippen LogP contribution in [0.5, 0.6) is 11.5 Å². The highest BCUT2D eigenvalue weighted by Gasteiger charge is 2.16. The second-order valence-corrected chi connectivity index (χ2v) is 7.29. The number of para-hydroxylation sites is 2. The normalized spacial score (nSPS) is 10.9. The molecule has 0 saturated heterocycles. The lowest BCUT2D eigenvalue weighted by Gasteiger charge is -2.11. The van der Waals surface area contributed by atoms with E-state index in [1.807, 2.05) is 19.1 Å². The Morgan fingerprint density at radius 3 is 2.74 bits per heavy atom. The Kier molecular flexibility index (Phi) is 7.19. The zero-order chi connectivity index (χ0) is 22.4. The van der Waals surface area contributed by atoms with Gasteiger partial charge in [0.25, 0.3) is 0 Å². The molecule has 160 valence electrons. The number of carbonyl (C=O) groups excluding carboxylic acids is 1. The van der Waals surface area contributed by atoms with Crippen molar-refractivity contribution in [2.24, 2.45) is 0 Å². The molecule has 9 heteroatoms. The van der Waals surface area contributed by atoms with E-state index in [4.69, 9.17) is 9.47 Å². The van der Waals surface area contributed by atoms with Crippen molar-refractivity contribution in [1.82, 2.24) is 9.78 Å². The Morgan fingerprint density at radius 2 is 2.03 bits per heavy atom. The van der Waals surface area contributed by atoms with E-state index < -0.39 is 4.92 Å². The first kappa shape index (κ1) is 22.2. The minimum absolute atomic E-state index is 0.0673. The molecule has 1 heterocycles. The molecule has 8 nitrogen and oxygen atoms in total. The number of benzene rings is 2. The number of methoxy groups -OCH3 is 1. The van der Waals surface area contributed by atoms with Crippen LogP contribution in [0.2, 0.25) is 0 Å². The average molecular weight is 486 g/mol. The number of hydrogen-bond donors (Lipinski definition) is 0. The first-order valence-electron chi connectivity index (χ1n) is 9.41. The number of ketones is 1. The number of ether oxygens (including phenoxy) is 2. The highest BCUT2D eigenvalue weighted by Crippen LogP contribution is 2.29. The average Bonchev–Trinajstić information content (AvgIpc) is 3.16. The van der Waals surface area contributed by atoms with Gasteiger partial charge >= 0.3 is 5.69 Å². The molecule has 0 aliphatic carbocycles. The Labute approximate surface area is 187 Å². The van der Waals surface area contributed by atoms with E-state index >= 15 is 0 Å². The lowest BCUT2D eigenvalue weighted by molar-refractivity contribution is -0.385. The van der Waals surface area contributed by atoms with E-state index in [-0.39, 0.29) is 23.8 Å². The first-order valence-corrected chi connectivity index (χ1v) is 10.2. The van der Waals surface area contributed by atoms with Crippen LogP contribution in [0, 0.1) is 10.1 Å². The first-order chi connectivity index (χ1) is 14.9. The molecule has 2 aromatic carbocycles. The van der Waals surface area contributed by atoms with Gasteiger partial charge in [-0.2, -0.15) is 5.10 Å². The number of hydrogen-bond acceptors (Lipinski definition) is 6. The van der Waals surface area contributed by atoms with Crippen LogP contribution in [-0.4, -0.2) is 27.6 Å². The second kappa shape index (κ2) is 10.0. The Balaban J connectivity index is 1.81. The van der Waals surface area contributed by atoms with Gasteiger partial charge in [0.05, 0.1) is 22.7 Å². The topological polar surface area (TPSA) is 96.5 Å². The highest BCUT2D eigenvalue weighted by atomic mass is 79.9. The summed E-state index contributed by atoms with van der Waals surface area (Å²) in [5.41, 5.74) is 1.82. The van der Waals surface area contributed by atoms with Crippen molar-refractivity contribution in [1.29, 1.82) is 0 Å². The highest BCUT2D eigenvalue weighted by molar-refractivity contribution is 9.10. The fourth-order valence-electron chi connectivity index (χ4n) is 3.00. The fraction of sp³-hybridized carbons (Fsp3) is 0.182. The summed E-state index contributed by atoms with van der Waals surface area (Å²) in [6.07, 6.45) is 4.76. The van der Waals surface area contributed by atoms with Crippen LogP contribution in [0.25, 0.3) is 6.08 Å². The Bertz CT molecular complexity index is 1140. The van der Waals surface area contributed by atoms with Crippen LogP contribution in [0.15, 0.2) is 59.2 Å². The number of aryl methyl sites for hydroxylation is 1. The van der Waals surface area contributed by atoms with Crippen LogP contribution in [0.4, 0.5) is 5.69 Å². The van der Waals surface area contributed by atoms with E-state index in [1.54, 1.807) is 41.2 Å². The molecule has 3 rings (SSSR count). The molecule has 31 heavy (non-hydrogen) atoms. The molecule has 0 aliphatic heterocycles. The molecule has 0 atom stereocenters. The number of carbonyl (C=O) groups is 1.